The number of amides is 1. The number of rotatable bonds is 4. The first-order valence-electron chi connectivity index (χ1n) is 11.0. The van der Waals surface area contributed by atoms with Crippen molar-refractivity contribution in [3.05, 3.63) is 76.1 Å². The van der Waals surface area contributed by atoms with Gasteiger partial charge in [0, 0.05) is 37.9 Å². The molecule has 0 radical (unpaired) electrons. The van der Waals surface area contributed by atoms with Gasteiger partial charge in [0.05, 0.1) is 0 Å². The van der Waals surface area contributed by atoms with Gasteiger partial charge in [0.2, 0.25) is 0 Å². The Morgan fingerprint density at radius 2 is 1.61 bits per heavy atom. The van der Waals surface area contributed by atoms with Gasteiger partial charge in [-0.15, -0.1) is 0 Å². The molecule has 1 amide bonds. The number of hydrogen-bond donors (Lipinski definition) is 0. The Morgan fingerprint density at radius 3 is 2.30 bits per heavy atom. The molecule has 2 aromatic heterocycles. The van der Waals surface area contributed by atoms with E-state index in [1.54, 1.807) is 0 Å². The quantitative estimate of drug-likeness (QED) is 0.290. The molecule has 1 saturated heterocycles. The van der Waals surface area contributed by atoms with Crippen molar-refractivity contribution >= 4 is 47.5 Å². The normalized spacial score (nSPS) is 14.5. The van der Waals surface area contributed by atoms with Crippen molar-refractivity contribution in [1.82, 2.24) is 19.2 Å². The third-order valence-electron chi connectivity index (χ3n) is 6.02. The predicted molar refractivity (Wildman–Crippen MR) is 141 cm³/mol. The molecular weight excluding hydrogens is 526 g/mol. The summed E-state index contributed by atoms with van der Waals surface area (Å²) >= 11 is 2.27. The van der Waals surface area contributed by atoms with Gasteiger partial charge in [-0.1, -0.05) is 29.7 Å². The van der Waals surface area contributed by atoms with Gasteiger partial charge in [0.1, 0.15) is 22.9 Å². The number of piperazine rings is 1. The molecule has 5 rings (SSSR count). The molecule has 0 bridgehead atoms. The molecular formula is C25H24BIN4O2. The van der Waals surface area contributed by atoms with Crippen molar-refractivity contribution in [3.63, 3.8) is 0 Å². The molecule has 2 aromatic carbocycles. The van der Waals surface area contributed by atoms with Crippen molar-refractivity contribution in [1.29, 1.82) is 0 Å². The highest BCUT2D eigenvalue weighted by Gasteiger charge is 2.20. The number of pyridine rings is 1. The molecule has 0 N–H and O–H groups in total. The lowest BCUT2D eigenvalue weighted by molar-refractivity contribution is 0.0664. The van der Waals surface area contributed by atoms with E-state index in [1.165, 1.54) is 5.46 Å². The Labute approximate surface area is 207 Å². The average Bonchev–Trinajstić information content (AvgIpc) is 3.15. The van der Waals surface area contributed by atoms with Crippen LogP contribution < -0.4 is 10.2 Å². The molecule has 1 aliphatic rings. The first-order valence-corrected chi connectivity index (χ1v) is 12.1. The van der Waals surface area contributed by atoms with E-state index in [0.717, 1.165) is 58.0 Å². The van der Waals surface area contributed by atoms with Gasteiger partial charge in [-0.25, -0.2) is 0 Å². The summed E-state index contributed by atoms with van der Waals surface area (Å²) < 4.78 is 8.96. The van der Waals surface area contributed by atoms with Crippen molar-refractivity contribution in [2.45, 2.75) is 0 Å². The summed E-state index contributed by atoms with van der Waals surface area (Å²) in [5.74, 6) is 1.46. The largest absolute Gasteiger partial charge is 0.437 e. The molecule has 0 saturated carbocycles. The van der Waals surface area contributed by atoms with E-state index in [2.05, 4.69) is 53.6 Å². The lowest BCUT2D eigenvalue weighted by atomic mass is 9.97. The number of fused-ring (bicyclic) bond motifs is 1. The molecule has 166 valence electrons. The van der Waals surface area contributed by atoms with Gasteiger partial charge in [0.25, 0.3) is 11.8 Å². The minimum atomic E-state index is 0.104. The zero-order valence-corrected chi connectivity index (χ0v) is 20.8. The fourth-order valence-electron chi connectivity index (χ4n) is 3.95. The van der Waals surface area contributed by atoms with Crippen LogP contribution in [0.15, 0.2) is 66.9 Å². The number of aromatic nitrogens is 2. The first-order chi connectivity index (χ1) is 16.0. The Bertz CT molecular complexity index is 1300. The minimum Gasteiger partial charge on any atom is -0.437 e. The van der Waals surface area contributed by atoms with Crippen molar-refractivity contribution < 1.29 is 9.53 Å². The summed E-state index contributed by atoms with van der Waals surface area (Å²) in [6.07, 6.45) is 2.06. The standard InChI is InChI=1S/C25H24BIN4O2/c1-29-12-14-30(15-13-29)25(32)18-4-2-17(3-5-18)19-6-11-22-28-24(23(27)31(22)16-19)33-21-9-7-20(26)8-10-21/h2-11,16H,12-15,26H2,1H3. The van der Waals surface area contributed by atoms with Gasteiger partial charge < -0.3 is 14.5 Å². The van der Waals surface area contributed by atoms with E-state index < -0.39 is 0 Å². The minimum absolute atomic E-state index is 0.104. The Balaban J connectivity index is 1.36. The second kappa shape index (κ2) is 9.19. The molecule has 1 fully saturated rings. The zero-order valence-electron chi connectivity index (χ0n) is 18.7. The zero-order chi connectivity index (χ0) is 22.9. The molecule has 1 aliphatic heterocycles. The molecule has 0 unspecified atom stereocenters. The van der Waals surface area contributed by atoms with Crippen LogP contribution in [0.1, 0.15) is 10.4 Å². The monoisotopic (exact) mass is 550 g/mol. The van der Waals surface area contributed by atoms with Crippen LogP contribution in [0.4, 0.5) is 0 Å². The van der Waals surface area contributed by atoms with E-state index in [0.29, 0.717) is 5.88 Å². The number of carbonyl (C=O) groups excluding carboxylic acids is 1. The molecule has 0 spiro atoms. The maximum Gasteiger partial charge on any atom is 0.253 e. The summed E-state index contributed by atoms with van der Waals surface area (Å²) in [6, 6.07) is 19.8. The second-order valence-corrected chi connectivity index (χ2v) is 9.46. The summed E-state index contributed by atoms with van der Waals surface area (Å²) in [5, 5.41) is 0. The molecule has 6 nitrogen and oxygen atoms in total. The molecule has 0 atom stereocenters. The van der Waals surface area contributed by atoms with Gasteiger partial charge in [-0.05, 0) is 77.2 Å². The van der Waals surface area contributed by atoms with Crippen LogP contribution in [0.2, 0.25) is 0 Å². The Morgan fingerprint density at radius 1 is 0.939 bits per heavy atom. The third kappa shape index (κ3) is 4.63. The molecule has 0 aliphatic carbocycles. The maximum absolute atomic E-state index is 12.8. The van der Waals surface area contributed by atoms with Crippen LogP contribution in [0.5, 0.6) is 11.6 Å². The summed E-state index contributed by atoms with van der Waals surface area (Å²) in [5.41, 5.74) is 4.85. The van der Waals surface area contributed by atoms with Gasteiger partial charge >= 0.3 is 0 Å². The molecule has 33 heavy (non-hydrogen) atoms. The summed E-state index contributed by atoms with van der Waals surface area (Å²) in [4.78, 5) is 21.6. The Hall–Kier alpha value is -2.85. The highest BCUT2D eigenvalue weighted by molar-refractivity contribution is 14.1. The number of imidazole rings is 1. The van der Waals surface area contributed by atoms with Crippen LogP contribution in [-0.2, 0) is 0 Å². The number of likely N-dealkylation sites (N-methyl/N-ethyl adjacent to an activating group) is 1. The SMILES string of the molecule is Bc1ccc(Oc2nc3ccc(-c4ccc(C(=O)N5CCN(C)CC5)cc4)cn3c2I)cc1. The van der Waals surface area contributed by atoms with E-state index in [4.69, 9.17) is 4.74 Å². The predicted octanol–water partition coefficient (Wildman–Crippen LogP) is 3.04. The van der Waals surface area contributed by atoms with Crippen molar-refractivity contribution in [3.8, 4) is 22.8 Å². The number of carbonyl (C=O) groups is 1. The van der Waals surface area contributed by atoms with Gasteiger partial charge in [-0.3, -0.25) is 9.20 Å². The fraction of sp³-hybridized carbons (Fsp3) is 0.200. The molecule has 4 aromatic rings. The van der Waals surface area contributed by atoms with Crippen LogP contribution in [0.25, 0.3) is 16.8 Å². The average molecular weight is 550 g/mol. The Kier molecular flexibility index (Phi) is 6.12. The van der Waals surface area contributed by atoms with Gasteiger partial charge in [-0.2, -0.15) is 4.98 Å². The van der Waals surface area contributed by atoms with Gasteiger partial charge in [0.15, 0.2) is 0 Å². The van der Waals surface area contributed by atoms with Crippen LogP contribution in [0, 0.1) is 3.70 Å². The summed E-state index contributed by atoms with van der Waals surface area (Å²) in [6.45, 7) is 3.39. The lowest BCUT2D eigenvalue weighted by Crippen LogP contribution is -2.47. The third-order valence-corrected chi connectivity index (χ3v) is 7.00. The van der Waals surface area contributed by atoms with E-state index in [1.807, 2.05) is 70.0 Å². The number of ether oxygens (including phenoxy) is 1. The topological polar surface area (TPSA) is 50.1 Å². The number of nitrogens with zero attached hydrogens (tertiary/aromatic N) is 4. The highest BCUT2D eigenvalue weighted by atomic mass is 127. The van der Waals surface area contributed by atoms with E-state index in [9.17, 15) is 4.79 Å². The molecule has 3 heterocycles. The van der Waals surface area contributed by atoms with Crippen molar-refractivity contribution in [2.24, 2.45) is 0 Å². The van der Waals surface area contributed by atoms with Crippen LogP contribution in [-0.4, -0.2) is 66.2 Å². The first kappa shape index (κ1) is 22.0. The second-order valence-electron chi connectivity index (χ2n) is 8.44. The fourth-order valence-corrected chi connectivity index (χ4v) is 4.56. The highest BCUT2D eigenvalue weighted by Crippen LogP contribution is 2.29. The molecule has 8 heteroatoms. The van der Waals surface area contributed by atoms with E-state index >= 15 is 0 Å². The smallest absolute Gasteiger partial charge is 0.253 e. The van der Waals surface area contributed by atoms with Crippen LogP contribution >= 0.6 is 22.6 Å². The summed E-state index contributed by atoms with van der Waals surface area (Å²) in [7, 11) is 4.14. The number of halogens is 1. The number of hydrogen-bond acceptors (Lipinski definition) is 4. The maximum atomic E-state index is 12.8. The van der Waals surface area contributed by atoms with E-state index in [-0.39, 0.29) is 5.91 Å². The van der Waals surface area contributed by atoms with Crippen LogP contribution in [0.3, 0.4) is 0 Å². The lowest BCUT2D eigenvalue weighted by Gasteiger charge is -2.32. The van der Waals surface area contributed by atoms with Crippen molar-refractivity contribution in [2.75, 3.05) is 33.2 Å². The number of benzene rings is 2.